The van der Waals surface area contributed by atoms with E-state index in [4.69, 9.17) is 52.1 Å². The van der Waals surface area contributed by atoms with Gasteiger partial charge in [0.2, 0.25) is 5.91 Å². The SMILES string of the molecule is Cn1c(C(=O)O)c(-n2c(=O)[nH]c3ccccc3c2=O)c2cc(Cl)ccc21.Cn1c(C(N)=O)c(N2C(=O)Cc3ccccc3C2=O)c2cc(Cl)ccc21.O=C(O)c1c(-n2c(=O)[nH]c3nc[nH]c3c2=O)c2cc(C(F)(F)F)ccc2n1Cc1cc(F)ccc1F.O=C(O)c1c(-n2c(=O)c3cscc3n(Cc3cccc(Cl)c3F)c2=O)c2cc(C(F)(F)F)ccc2n1Cc1cccc(Cl)c1F. The van der Waals surface area contributed by atoms with Gasteiger partial charge in [0.25, 0.3) is 28.5 Å². The number of hydrogen-bond acceptors (Lipinski definition) is 14. The second-order valence-electron chi connectivity index (χ2n) is 29.7. The number of rotatable bonds is 14. The van der Waals surface area contributed by atoms with Crippen LogP contribution in [0, 0.1) is 23.3 Å². The summed E-state index contributed by atoms with van der Waals surface area (Å²) in [6.07, 6.45) is -8.59. The van der Waals surface area contributed by atoms with Gasteiger partial charge in [0.1, 0.15) is 34.5 Å². The molecule has 0 saturated carbocycles. The van der Waals surface area contributed by atoms with Gasteiger partial charge in [-0.1, -0.05) is 101 Å². The number of imide groups is 1. The molecule has 1 aliphatic heterocycles. The van der Waals surface area contributed by atoms with Gasteiger partial charge in [0, 0.05) is 78.7 Å². The molecule has 44 heteroatoms. The van der Waals surface area contributed by atoms with Crippen LogP contribution in [0.1, 0.15) is 85.7 Å². The highest BCUT2D eigenvalue weighted by Gasteiger charge is 2.40. The number of alkyl halides is 6. The third-order valence-electron chi connectivity index (χ3n) is 21.9. The molecule has 8 N–H and O–H groups in total. The molecular weight excluding hydrogens is 1870 g/mol. The van der Waals surface area contributed by atoms with Crippen molar-refractivity contribution in [3.05, 3.63) is 361 Å². The Hall–Kier alpha value is -15.7. The van der Waals surface area contributed by atoms with Gasteiger partial charge < -0.3 is 49.3 Å². The first-order valence-corrected chi connectivity index (χ1v) is 40.9. The minimum atomic E-state index is -4.89. The summed E-state index contributed by atoms with van der Waals surface area (Å²) in [7, 11) is 3.22. The first kappa shape index (κ1) is 90.7. The van der Waals surface area contributed by atoms with Crippen molar-refractivity contribution in [2.45, 2.75) is 38.4 Å². The van der Waals surface area contributed by atoms with E-state index < -0.39 is 169 Å². The highest BCUT2D eigenvalue weighted by atomic mass is 35.5. The van der Waals surface area contributed by atoms with E-state index in [1.807, 2.05) is 0 Å². The molecular formula is C89H54Cl4F10N14O15S. The number of fused-ring (bicyclic) bond motifs is 8. The number of nitrogens with zero attached hydrogens (tertiary/aromatic N) is 10. The second-order valence-corrected chi connectivity index (χ2v) is 32.1. The molecule has 0 radical (unpaired) electrons. The molecule has 9 aromatic carbocycles. The number of carboxylic acids is 3. The van der Waals surface area contributed by atoms with Crippen molar-refractivity contribution < 1.29 is 88.0 Å². The van der Waals surface area contributed by atoms with Crippen molar-refractivity contribution >= 4 is 176 Å². The van der Waals surface area contributed by atoms with Crippen molar-refractivity contribution in [3.63, 3.8) is 0 Å². The van der Waals surface area contributed by atoms with Crippen LogP contribution in [0.15, 0.2) is 222 Å². The maximum Gasteiger partial charge on any atom is 0.416 e. The van der Waals surface area contributed by atoms with Gasteiger partial charge in [-0.2, -0.15) is 26.3 Å². The van der Waals surface area contributed by atoms with Crippen molar-refractivity contribution in [1.82, 2.24) is 56.5 Å². The fourth-order valence-corrected chi connectivity index (χ4v) is 17.6. The number of nitrogens with one attached hydrogen (secondary N) is 3. The van der Waals surface area contributed by atoms with Crippen LogP contribution in [-0.4, -0.2) is 107 Å². The number of benzene rings is 9. The minimum Gasteiger partial charge on any atom is -0.477 e. The van der Waals surface area contributed by atoms with Crippen LogP contribution in [0.5, 0.6) is 0 Å². The van der Waals surface area contributed by atoms with E-state index in [2.05, 4.69) is 19.9 Å². The summed E-state index contributed by atoms with van der Waals surface area (Å²) >= 11 is 25.0. The van der Waals surface area contributed by atoms with E-state index >= 15 is 0 Å². The van der Waals surface area contributed by atoms with E-state index in [1.54, 1.807) is 104 Å². The molecule has 674 valence electrons. The molecule has 0 spiro atoms. The number of aromatic amines is 3. The molecule has 133 heavy (non-hydrogen) atoms. The van der Waals surface area contributed by atoms with Gasteiger partial charge in [0.15, 0.2) is 22.7 Å². The molecule has 0 atom stereocenters. The topological polar surface area (TPSA) is 394 Å². The lowest BCUT2D eigenvalue weighted by atomic mass is 9.97. The molecule has 9 aromatic heterocycles. The molecule has 29 nitrogen and oxygen atoms in total. The Bertz CT molecular complexity index is 8490. The zero-order valence-electron chi connectivity index (χ0n) is 67.3. The Morgan fingerprint density at radius 2 is 0.962 bits per heavy atom. The average Bonchev–Trinajstić information content (AvgIpc) is 1.57. The number of carbonyl (C=O) groups is 6. The zero-order chi connectivity index (χ0) is 95.5. The monoisotopic (exact) mass is 1920 g/mol. The third-order valence-corrected chi connectivity index (χ3v) is 23.7. The number of aromatic carboxylic acids is 3. The van der Waals surface area contributed by atoms with Crippen molar-refractivity contribution in [2.24, 2.45) is 19.8 Å². The molecule has 19 rings (SSSR count). The maximum atomic E-state index is 15.0. The van der Waals surface area contributed by atoms with Crippen molar-refractivity contribution in [3.8, 4) is 17.1 Å². The maximum absolute atomic E-state index is 15.0. The van der Waals surface area contributed by atoms with Crippen LogP contribution in [0.3, 0.4) is 0 Å². The van der Waals surface area contributed by atoms with Crippen LogP contribution in [0.2, 0.25) is 20.1 Å². The van der Waals surface area contributed by atoms with E-state index in [0.29, 0.717) is 81.9 Å². The van der Waals surface area contributed by atoms with Crippen molar-refractivity contribution in [2.75, 3.05) is 4.90 Å². The van der Waals surface area contributed by atoms with Crippen LogP contribution < -0.4 is 44.4 Å². The number of para-hydroxylation sites is 1. The number of nitrogens with two attached hydrogens (primary N) is 1. The summed E-state index contributed by atoms with van der Waals surface area (Å²) in [5, 5.41) is 33.5. The van der Waals surface area contributed by atoms with Gasteiger partial charge in [0.05, 0.1) is 120 Å². The first-order chi connectivity index (χ1) is 63.1. The number of amides is 3. The van der Waals surface area contributed by atoms with Gasteiger partial charge in [-0.3, -0.25) is 38.3 Å². The molecule has 0 bridgehead atoms. The number of aryl methyl sites for hydroxylation is 2. The molecule has 10 heterocycles. The Balaban J connectivity index is 0.000000133. The lowest BCUT2D eigenvalue weighted by Crippen LogP contribution is -2.43. The fraction of sp³-hybridized carbons (Fsp3) is 0.0899. The van der Waals surface area contributed by atoms with Crippen LogP contribution >= 0.6 is 57.7 Å². The number of carboxylic acid groups (broad SMARTS) is 3. The number of H-pyrrole nitrogens is 3. The zero-order valence-corrected chi connectivity index (χ0v) is 71.1. The minimum absolute atomic E-state index is 0.00509. The molecule has 0 aliphatic carbocycles. The lowest BCUT2D eigenvalue weighted by molar-refractivity contribution is -0.138. The number of hydrogen-bond donors (Lipinski definition) is 7. The molecule has 0 fully saturated rings. The van der Waals surface area contributed by atoms with Gasteiger partial charge in [-0.05, 0) is 127 Å². The second kappa shape index (κ2) is 34.7. The Morgan fingerprint density at radius 3 is 1.53 bits per heavy atom. The summed E-state index contributed by atoms with van der Waals surface area (Å²) in [5.41, 5.74) is -3.78. The van der Waals surface area contributed by atoms with E-state index in [1.165, 1.54) is 51.7 Å². The number of halogens is 14. The van der Waals surface area contributed by atoms with Crippen LogP contribution in [0.25, 0.3) is 93.6 Å². The van der Waals surface area contributed by atoms with E-state index in [9.17, 15) is 117 Å². The van der Waals surface area contributed by atoms with E-state index in [-0.39, 0.29) is 94.4 Å². The fourth-order valence-electron chi connectivity index (χ4n) is 16.0. The van der Waals surface area contributed by atoms with Crippen molar-refractivity contribution in [1.29, 1.82) is 0 Å². The van der Waals surface area contributed by atoms with Gasteiger partial charge in [-0.25, -0.2) is 69.9 Å². The normalized spacial score (nSPS) is 12.3. The molecule has 18 aromatic rings. The largest absolute Gasteiger partial charge is 0.477 e. The first-order valence-electron chi connectivity index (χ1n) is 38.5. The lowest BCUT2D eigenvalue weighted by Gasteiger charge is -2.27. The Kier molecular flexibility index (Phi) is 23.6. The molecule has 1 aliphatic rings. The number of primary amides is 1. The van der Waals surface area contributed by atoms with Gasteiger partial charge >= 0.3 is 47.3 Å². The number of anilines is 1. The molecule has 0 unspecified atom stereocenters. The number of aromatic nitrogens is 12. The van der Waals surface area contributed by atoms with Crippen LogP contribution in [-0.2, 0) is 57.3 Å². The average molecular weight is 1920 g/mol. The highest BCUT2D eigenvalue weighted by Crippen LogP contribution is 2.42. The number of carbonyl (C=O) groups excluding carboxylic acids is 3. The summed E-state index contributed by atoms with van der Waals surface area (Å²) in [5.74, 6) is -9.81. The third kappa shape index (κ3) is 16.1. The summed E-state index contributed by atoms with van der Waals surface area (Å²) in [4.78, 5) is 167. The smallest absolute Gasteiger partial charge is 0.416 e. The summed E-state index contributed by atoms with van der Waals surface area (Å²) in [6, 6.07) is 38.3. The predicted octanol–water partition coefficient (Wildman–Crippen LogP) is 16.1. The summed E-state index contributed by atoms with van der Waals surface area (Å²) < 4.78 is 148. The highest BCUT2D eigenvalue weighted by molar-refractivity contribution is 7.09. The molecule has 3 amide bonds. The molecule has 0 saturated heterocycles. The van der Waals surface area contributed by atoms with Gasteiger partial charge in [-0.15, -0.1) is 11.3 Å². The summed E-state index contributed by atoms with van der Waals surface area (Å²) in [6.45, 7) is -1.62. The van der Waals surface area contributed by atoms with Crippen LogP contribution in [0.4, 0.5) is 49.6 Å². The van der Waals surface area contributed by atoms with E-state index in [0.717, 1.165) is 71.2 Å². The predicted molar refractivity (Wildman–Crippen MR) is 472 cm³/mol. The standard InChI is InChI=1S/C30H16Cl2F5N3O4S.C22H12F5N5O4.C19H14ClN3O3.C18H12ClN3O4/c31-19-5-1-3-14(23(19)33)10-38-21-8-7-16(30(35,36)37)9-17(21)25(26(38)28(42)43)40-27(41)18-12-45-13-22(18)39(29(40)44)11-15-4-2-6-20(32)24(15)34;23-11-2-3-13(24)9(5-11)7-31-14-4-1-10(22(25,26)27)6-12(14)16(17(31)20(34)35)32-19(33)15-18(29-8-28-15)30-21(32)36;1-22-14-7-6-11(20)9-13(14)16(17(22)18(21)25)23-15(24)8-10-4-2-3-5-12(10)19(23)26;1-21-13-7-6-9(19)8-11(13)14(15(21)17(24)25)22-16(23)10-4-2-3-5-12(10)20-18(22)26/h1-9,12-13H,10-11H2,(H,42,43);1-6,8H,7H2,(H,28,29)(H,30,36)(H,34,35);2-7,9H,8H2,1H3,(H2,21,25);2-8H,1H3,(H,20,26)(H,24,25). The Morgan fingerprint density at radius 1 is 0.474 bits per heavy atom. The Labute approximate surface area is 756 Å². The quantitative estimate of drug-likeness (QED) is 0.0393. The number of imidazole rings is 1. The number of thiophene rings is 1.